The third-order valence-corrected chi connectivity index (χ3v) is 4.83. The van der Waals surface area contributed by atoms with Crippen LogP contribution in [-0.4, -0.2) is 29.2 Å². The number of aryl methyl sites for hydroxylation is 1. The Morgan fingerprint density at radius 3 is 2.60 bits per heavy atom. The minimum Gasteiger partial charge on any atom is -0.357 e. The molecular weight excluding hydrogens is 314 g/mol. The van der Waals surface area contributed by atoms with Gasteiger partial charge in [0.05, 0.1) is 0 Å². The summed E-state index contributed by atoms with van der Waals surface area (Å²) in [6, 6.07) is 10.8. The topological polar surface area (TPSA) is 75.3 Å². The molecule has 0 radical (unpaired) electrons. The van der Waals surface area contributed by atoms with Gasteiger partial charge in [0.25, 0.3) is 0 Å². The van der Waals surface area contributed by atoms with Gasteiger partial charge in [-0.1, -0.05) is 48.3 Å². The Bertz CT molecular complexity index is 689. The van der Waals surface area contributed by atoms with Gasteiger partial charge in [0.1, 0.15) is 6.54 Å². The molecule has 1 aromatic heterocycles. The van der Waals surface area contributed by atoms with E-state index in [-0.39, 0.29) is 5.41 Å². The van der Waals surface area contributed by atoms with Crippen LogP contribution in [0.2, 0.25) is 0 Å². The van der Waals surface area contributed by atoms with Gasteiger partial charge in [0.15, 0.2) is 11.8 Å². The molecule has 6 nitrogen and oxygen atoms in total. The standard InChI is InChI=1S/C19H27N5O/c1-3-20-18(21-13-17-23-15(2)24-25-17)22-14-19(11-7-8-12-19)16-9-5-4-6-10-16/h4-6,9-10H,3,7-8,11-14H2,1-2H3,(H2,20,21,22). The van der Waals surface area contributed by atoms with E-state index in [0.717, 1.165) is 19.0 Å². The molecule has 2 N–H and O–H groups in total. The van der Waals surface area contributed by atoms with E-state index in [1.165, 1.54) is 31.2 Å². The third kappa shape index (κ3) is 4.38. The summed E-state index contributed by atoms with van der Waals surface area (Å²) in [5.41, 5.74) is 1.61. The molecule has 25 heavy (non-hydrogen) atoms. The van der Waals surface area contributed by atoms with Crippen LogP contribution in [0.3, 0.4) is 0 Å². The number of aromatic nitrogens is 2. The lowest BCUT2D eigenvalue weighted by Crippen LogP contribution is -2.44. The van der Waals surface area contributed by atoms with E-state index in [2.05, 4.69) is 63.0 Å². The fraction of sp³-hybridized carbons (Fsp3) is 0.526. The lowest BCUT2D eigenvalue weighted by Gasteiger charge is -2.30. The molecule has 0 aliphatic heterocycles. The number of guanidine groups is 1. The number of hydrogen-bond donors (Lipinski definition) is 2. The molecule has 0 atom stereocenters. The second-order valence-corrected chi connectivity index (χ2v) is 6.64. The normalized spacial score (nSPS) is 16.8. The highest BCUT2D eigenvalue weighted by molar-refractivity contribution is 5.79. The predicted molar refractivity (Wildman–Crippen MR) is 98.4 cm³/mol. The van der Waals surface area contributed by atoms with Crippen molar-refractivity contribution in [1.29, 1.82) is 0 Å². The smallest absolute Gasteiger partial charge is 0.248 e. The fourth-order valence-electron chi connectivity index (χ4n) is 3.56. The van der Waals surface area contributed by atoms with Gasteiger partial charge < -0.3 is 15.2 Å². The molecule has 6 heteroatoms. The van der Waals surface area contributed by atoms with E-state index in [0.29, 0.717) is 18.3 Å². The molecular formula is C19H27N5O. The molecule has 1 aliphatic rings. The second-order valence-electron chi connectivity index (χ2n) is 6.64. The van der Waals surface area contributed by atoms with Crippen molar-refractivity contribution < 1.29 is 4.52 Å². The molecule has 0 amide bonds. The Balaban J connectivity index is 1.68. The summed E-state index contributed by atoms with van der Waals surface area (Å²) in [5.74, 6) is 1.96. The number of hydrogen-bond acceptors (Lipinski definition) is 4. The van der Waals surface area contributed by atoms with E-state index in [4.69, 9.17) is 4.52 Å². The number of rotatable bonds is 6. The van der Waals surface area contributed by atoms with Gasteiger partial charge in [-0.25, -0.2) is 4.99 Å². The molecule has 0 spiro atoms. The fourth-order valence-corrected chi connectivity index (χ4v) is 3.56. The van der Waals surface area contributed by atoms with Gasteiger partial charge in [-0.05, 0) is 32.3 Å². The van der Waals surface area contributed by atoms with E-state index >= 15 is 0 Å². The van der Waals surface area contributed by atoms with Crippen LogP contribution in [0.25, 0.3) is 0 Å². The van der Waals surface area contributed by atoms with Crippen molar-refractivity contribution in [2.24, 2.45) is 4.99 Å². The third-order valence-electron chi connectivity index (χ3n) is 4.83. The monoisotopic (exact) mass is 341 g/mol. The first-order valence-electron chi connectivity index (χ1n) is 9.09. The summed E-state index contributed by atoms with van der Waals surface area (Å²) < 4.78 is 5.14. The van der Waals surface area contributed by atoms with Crippen LogP contribution >= 0.6 is 0 Å². The van der Waals surface area contributed by atoms with Gasteiger partial charge in [-0.15, -0.1) is 0 Å². The van der Waals surface area contributed by atoms with Crippen LogP contribution < -0.4 is 10.6 Å². The first-order valence-corrected chi connectivity index (χ1v) is 9.09. The Labute approximate surface area is 149 Å². The minimum atomic E-state index is 0.193. The maximum Gasteiger partial charge on any atom is 0.248 e. The molecule has 3 rings (SSSR count). The lowest BCUT2D eigenvalue weighted by molar-refractivity contribution is 0.376. The molecule has 1 heterocycles. The number of nitrogens with one attached hydrogen (secondary N) is 2. The second kappa shape index (κ2) is 8.14. The van der Waals surface area contributed by atoms with Gasteiger partial charge in [0, 0.05) is 18.5 Å². The Morgan fingerprint density at radius 2 is 1.96 bits per heavy atom. The van der Waals surface area contributed by atoms with Gasteiger partial charge in [-0.2, -0.15) is 4.98 Å². The largest absolute Gasteiger partial charge is 0.357 e. The van der Waals surface area contributed by atoms with Crippen LogP contribution in [0, 0.1) is 6.92 Å². The zero-order chi connectivity index (χ0) is 17.5. The van der Waals surface area contributed by atoms with Crippen molar-refractivity contribution in [3.63, 3.8) is 0 Å². The summed E-state index contributed by atoms with van der Waals surface area (Å²) in [7, 11) is 0. The van der Waals surface area contributed by atoms with Crippen LogP contribution in [0.15, 0.2) is 39.8 Å². The van der Waals surface area contributed by atoms with E-state index in [1.807, 2.05) is 6.92 Å². The maximum absolute atomic E-state index is 5.14. The molecule has 0 bridgehead atoms. The average Bonchev–Trinajstić information content (AvgIpc) is 3.28. The molecule has 0 saturated heterocycles. The molecule has 134 valence electrons. The van der Waals surface area contributed by atoms with Gasteiger partial charge in [0.2, 0.25) is 5.89 Å². The highest BCUT2D eigenvalue weighted by Gasteiger charge is 2.35. The van der Waals surface area contributed by atoms with Crippen molar-refractivity contribution in [3.8, 4) is 0 Å². The first kappa shape index (κ1) is 17.5. The summed E-state index contributed by atoms with van der Waals surface area (Å²) >= 11 is 0. The minimum absolute atomic E-state index is 0.193. The molecule has 1 saturated carbocycles. The molecule has 1 aliphatic carbocycles. The van der Waals surface area contributed by atoms with Crippen molar-refractivity contribution in [3.05, 3.63) is 47.6 Å². The Kier molecular flexibility index (Phi) is 5.68. The zero-order valence-electron chi connectivity index (χ0n) is 15.1. The van der Waals surface area contributed by atoms with Crippen molar-refractivity contribution in [2.75, 3.05) is 13.1 Å². The Morgan fingerprint density at radius 1 is 1.20 bits per heavy atom. The number of nitrogens with zero attached hydrogens (tertiary/aromatic N) is 3. The summed E-state index contributed by atoms with van der Waals surface area (Å²) in [6.45, 7) is 5.95. The van der Waals surface area contributed by atoms with Crippen LogP contribution in [0.5, 0.6) is 0 Å². The highest BCUT2D eigenvalue weighted by atomic mass is 16.5. The number of benzene rings is 1. The number of aliphatic imine (C=N–C) groups is 1. The maximum atomic E-state index is 5.14. The molecule has 1 aromatic carbocycles. The van der Waals surface area contributed by atoms with Crippen LogP contribution in [0.1, 0.15) is 49.9 Å². The van der Waals surface area contributed by atoms with Crippen LogP contribution in [0.4, 0.5) is 0 Å². The van der Waals surface area contributed by atoms with Gasteiger partial charge in [-0.3, -0.25) is 0 Å². The van der Waals surface area contributed by atoms with Gasteiger partial charge >= 0.3 is 0 Å². The molecule has 1 fully saturated rings. The van der Waals surface area contributed by atoms with E-state index in [1.54, 1.807) is 0 Å². The molecule has 2 aromatic rings. The van der Waals surface area contributed by atoms with Crippen molar-refractivity contribution in [2.45, 2.75) is 51.5 Å². The van der Waals surface area contributed by atoms with Crippen molar-refractivity contribution >= 4 is 5.96 Å². The summed E-state index contributed by atoms with van der Waals surface area (Å²) in [5, 5.41) is 10.6. The van der Waals surface area contributed by atoms with Crippen molar-refractivity contribution in [1.82, 2.24) is 20.8 Å². The quantitative estimate of drug-likeness (QED) is 0.624. The zero-order valence-corrected chi connectivity index (χ0v) is 15.1. The Hall–Kier alpha value is -2.37. The summed E-state index contributed by atoms with van der Waals surface area (Å²) in [6.07, 6.45) is 5.00. The highest BCUT2D eigenvalue weighted by Crippen LogP contribution is 2.40. The SMILES string of the molecule is CCNC(=NCc1nc(C)no1)NCC1(c2ccccc2)CCCC1. The van der Waals surface area contributed by atoms with Crippen LogP contribution in [-0.2, 0) is 12.0 Å². The lowest BCUT2D eigenvalue weighted by atomic mass is 9.79. The van der Waals surface area contributed by atoms with E-state index < -0.39 is 0 Å². The predicted octanol–water partition coefficient (Wildman–Crippen LogP) is 2.95. The average molecular weight is 341 g/mol. The summed E-state index contributed by atoms with van der Waals surface area (Å²) in [4.78, 5) is 8.78. The first-order chi connectivity index (χ1) is 12.2. The van der Waals surface area contributed by atoms with E-state index in [9.17, 15) is 0 Å². The molecule has 0 unspecified atom stereocenters.